The summed E-state index contributed by atoms with van der Waals surface area (Å²) in [6.07, 6.45) is -3.24. The highest BCUT2D eigenvalue weighted by molar-refractivity contribution is 6.34. The van der Waals surface area contributed by atoms with Crippen molar-refractivity contribution >= 4 is 22.5 Å². The molecule has 0 bridgehead atoms. The zero-order chi connectivity index (χ0) is 11.9. The summed E-state index contributed by atoms with van der Waals surface area (Å²) in [7, 11) is 0. The highest BCUT2D eigenvalue weighted by Gasteiger charge is 2.32. The van der Waals surface area contributed by atoms with E-state index < -0.39 is 11.7 Å². The monoisotopic (exact) mass is 246 g/mol. The minimum atomic E-state index is -4.38. The number of fused-ring (bicyclic) bond motifs is 1. The fourth-order valence-electron chi connectivity index (χ4n) is 1.49. The van der Waals surface area contributed by atoms with Gasteiger partial charge in [-0.15, -0.1) is 0 Å². The molecule has 2 aromatic rings. The van der Waals surface area contributed by atoms with E-state index in [1.54, 1.807) is 0 Å². The number of aromatic nitrogens is 2. The van der Waals surface area contributed by atoms with Gasteiger partial charge in [-0.3, -0.25) is 0 Å². The minimum absolute atomic E-state index is 0.108. The summed E-state index contributed by atoms with van der Waals surface area (Å²) in [5.74, 6) is 0. The van der Waals surface area contributed by atoms with Crippen LogP contribution in [0.5, 0.6) is 0 Å². The molecule has 0 aliphatic carbocycles. The zero-order valence-electron chi connectivity index (χ0n) is 8.14. The molecule has 0 radical (unpaired) electrons. The van der Waals surface area contributed by atoms with E-state index in [4.69, 9.17) is 11.6 Å². The first-order chi connectivity index (χ1) is 7.39. The smallest absolute Gasteiger partial charge is 0.236 e. The number of rotatable bonds is 0. The van der Waals surface area contributed by atoms with E-state index in [1.165, 1.54) is 13.0 Å². The maximum absolute atomic E-state index is 12.6. The number of hydrogen-bond acceptors (Lipinski definition) is 2. The molecule has 0 N–H and O–H groups in total. The lowest BCUT2D eigenvalue weighted by Gasteiger charge is -2.11. The lowest BCUT2D eigenvalue weighted by atomic mass is 10.1. The van der Waals surface area contributed by atoms with Crippen molar-refractivity contribution in [3.8, 4) is 0 Å². The number of aryl methyl sites for hydroxylation is 1. The summed E-state index contributed by atoms with van der Waals surface area (Å²) in [5, 5.41) is 0.580. The Morgan fingerprint density at radius 1 is 1.19 bits per heavy atom. The lowest BCUT2D eigenvalue weighted by Crippen LogP contribution is -2.07. The Hall–Kier alpha value is -1.36. The van der Waals surface area contributed by atoms with E-state index in [0.717, 1.165) is 12.4 Å². The van der Waals surface area contributed by atoms with Gasteiger partial charge in [0, 0.05) is 5.39 Å². The third kappa shape index (κ3) is 1.82. The maximum atomic E-state index is 12.6. The van der Waals surface area contributed by atoms with Crippen LogP contribution in [0.15, 0.2) is 18.5 Å². The van der Waals surface area contributed by atoms with Gasteiger partial charge in [-0.25, -0.2) is 9.97 Å². The maximum Gasteiger partial charge on any atom is 0.416 e. The highest BCUT2D eigenvalue weighted by atomic mass is 35.5. The predicted octanol–water partition coefficient (Wildman–Crippen LogP) is 3.61. The van der Waals surface area contributed by atoms with Gasteiger partial charge in [0.15, 0.2) is 0 Å². The molecule has 0 saturated carbocycles. The summed E-state index contributed by atoms with van der Waals surface area (Å²) in [4.78, 5) is 7.48. The van der Waals surface area contributed by atoms with Crippen molar-refractivity contribution < 1.29 is 13.2 Å². The Morgan fingerprint density at radius 2 is 1.88 bits per heavy atom. The third-order valence-corrected chi connectivity index (χ3v) is 2.54. The van der Waals surface area contributed by atoms with E-state index in [2.05, 4.69) is 9.97 Å². The molecule has 0 aliphatic heterocycles. The van der Waals surface area contributed by atoms with Crippen LogP contribution in [0.4, 0.5) is 13.2 Å². The number of benzene rings is 1. The molecule has 0 amide bonds. The van der Waals surface area contributed by atoms with Gasteiger partial charge in [-0.1, -0.05) is 11.6 Å². The first-order valence-electron chi connectivity index (χ1n) is 4.37. The molecule has 84 valence electrons. The standard InChI is InChI=1S/C10H6ClF3N2/c1-5-2-6-8(15-4-16-9(6)11)3-7(5)10(12,13)14/h2-4H,1H3. The normalized spacial score (nSPS) is 12.1. The second-order valence-electron chi connectivity index (χ2n) is 3.35. The van der Waals surface area contributed by atoms with Crippen LogP contribution < -0.4 is 0 Å². The topological polar surface area (TPSA) is 25.8 Å². The van der Waals surface area contributed by atoms with Crippen molar-refractivity contribution in [2.24, 2.45) is 0 Å². The molecule has 2 nitrogen and oxygen atoms in total. The first-order valence-corrected chi connectivity index (χ1v) is 4.75. The molecule has 1 aromatic heterocycles. The molecular weight excluding hydrogens is 241 g/mol. The van der Waals surface area contributed by atoms with E-state index in [0.29, 0.717) is 5.39 Å². The second-order valence-corrected chi connectivity index (χ2v) is 3.70. The molecule has 1 heterocycles. The molecule has 1 aromatic carbocycles. The van der Waals surface area contributed by atoms with Gasteiger partial charge in [0.2, 0.25) is 0 Å². The fourth-order valence-corrected chi connectivity index (χ4v) is 1.68. The average Bonchev–Trinajstić information content (AvgIpc) is 2.17. The summed E-state index contributed by atoms with van der Waals surface area (Å²) in [6, 6.07) is 2.33. The van der Waals surface area contributed by atoms with Crippen molar-refractivity contribution in [3.63, 3.8) is 0 Å². The van der Waals surface area contributed by atoms with Crippen LogP contribution in [-0.2, 0) is 6.18 Å². The number of nitrogens with zero attached hydrogens (tertiary/aromatic N) is 2. The van der Waals surface area contributed by atoms with Gasteiger partial charge in [0.25, 0.3) is 0 Å². The van der Waals surface area contributed by atoms with Gasteiger partial charge >= 0.3 is 6.18 Å². The molecule has 16 heavy (non-hydrogen) atoms. The average molecular weight is 247 g/mol. The Labute approximate surface area is 94.1 Å². The Kier molecular flexibility index (Phi) is 2.50. The molecule has 0 fully saturated rings. The molecular formula is C10H6ClF3N2. The minimum Gasteiger partial charge on any atom is -0.236 e. The quantitative estimate of drug-likeness (QED) is 0.664. The van der Waals surface area contributed by atoms with Crippen molar-refractivity contribution in [2.45, 2.75) is 13.1 Å². The van der Waals surface area contributed by atoms with Crippen molar-refractivity contribution in [2.75, 3.05) is 0 Å². The molecule has 0 atom stereocenters. The molecule has 0 aliphatic rings. The van der Waals surface area contributed by atoms with Crippen LogP contribution in [-0.4, -0.2) is 9.97 Å². The second kappa shape index (κ2) is 3.59. The molecule has 6 heteroatoms. The van der Waals surface area contributed by atoms with E-state index in [-0.39, 0.29) is 16.2 Å². The van der Waals surface area contributed by atoms with E-state index in [9.17, 15) is 13.2 Å². The largest absolute Gasteiger partial charge is 0.416 e. The summed E-state index contributed by atoms with van der Waals surface area (Å²) in [5.41, 5.74) is -0.399. The van der Waals surface area contributed by atoms with Gasteiger partial charge in [0.05, 0.1) is 11.1 Å². The first kappa shape index (κ1) is 11.1. The number of halogens is 4. The zero-order valence-corrected chi connectivity index (χ0v) is 8.89. The van der Waals surface area contributed by atoms with Crippen LogP contribution in [0.1, 0.15) is 11.1 Å². The Bertz CT molecular complexity index is 551. The molecule has 2 rings (SSSR count). The van der Waals surface area contributed by atoms with Crippen LogP contribution in [0, 0.1) is 6.92 Å². The summed E-state index contributed by atoms with van der Waals surface area (Å²) in [6.45, 7) is 1.38. The number of hydrogen-bond donors (Lipinski definition) is 0. The van der Waals surface area contributed by atoms with Crippen molar-refractivity contribution in [1.29, 1.82) is 0 Å². The summed E-state index contributed by atoms with van der Waals surface area (Å²) < 4.78 is 37.8. The van der Waals surface area contributed by atoms with Crippen LogP contribution in [0.2, 0.25) is 5.15 Å². The highest BCUT2D eigenvalue weighted by Crippen LogP contribution is 2.34. The van der Waals surface area contributed by atoms with Crippen LogP contribution >= 0.6 is 11.6 Å². The molecule has 0 saturated heterocycles. The third-order valence-electron chi connectivity index (χ3n) is 2.24. The van der Waals surface area contributed by atoms with E-state index >= 15 is 0 Å². The fraction of sp³-hybridized carbons (Fsp3) is 0.200. The van der Waals surface area contributed by atoms with Gasteiger partial charge < -0.3 is 0 Å². The lowest BCUT2D eigenvalue weighted by molar-refractivity contribution is -0.137. The molecule has 0 spiro atoms. The van der Waals surface area contributed by atoms with Crippen LogP contribution in [0.3, 0.4) is 0 Å². The molecule has 0 unspecified atom stereocenters. The Balaban J connectivity index is 2.78. The van der Waals surface area contributed by atoms with Gasteiger partial charge in [-0.2, -0.15) is 13.2 Å². The Morgan fingerprint density at radius 3 is 2.50 bits per heavy atom. The van der Waals surface area contributed by atoms with Gasteiger partial charge in [0.1, 0.15) is 11.5 Å². The number of alkyl halides is 3. The van der Waals surface area contributed by atoms with Gasteiger partial charge in [-0.05, 0) is 24.6 Å². The van der Waals surface area contributed by atoms with Crippen molar-refractivity contribution in [3.05, 3.63) is 34.7 Å². The summed E-state index contributed by atoms with van der Waals surface area (Å²) >= 11 is 5.76. The van der Waals surface area contributed by atoms with Crippen LogP contribution in [0.25, 0.3) is 10.9 Å². The van der Waals surface area contributed by atoms with E-state index in [1.807, 2.05) is 0 Å². The van der Waals surface area contributed by atoms with Crippen molar-refractivity contribution in [1.82, 2.24) is 9.97 Å². The SMILES string of the molecule is Cc1cc2c(Cl)ncnc2cc1C(F)(F)F. The predicted molar refractivity (Wildman–Crippen MR) is 54.3 cm³/mol.